The fourth-order valence-electron chi connectivity index (χ4n) is 2.03. The molecule has 2 nitrogen and oxygen atoms in total. The monoisotopic (exact) mass is 228 g/mol. The van der Waals surface area contributed by atoms with Crippen molar-refractivity contribution in [3.63, 3.8) is 0 Å². The molecule has 3 N–H and O–H groups in total. The van der Waals surface area contributed by atoms with Gasteiger partial charge >= 0.3 is 0 Å². The van der Waals surface area contributed by atoms with Crippen molar-refractivity contribution in [1.82, 2.24) is 5.43 Å². The maximum Gasteiger partial charge on any atom is 0.0301 e. The van der Waals surface area contributed by atoms with Crippen molar-refractivity contribution in [3.8, 4) is 0 Å². The Balaban J connectivity index is 2.06. The summed E-state index contributed by atoms with van der Waals surface area (Å²) in [4.78, 5) is 0. The molecular formula is C12H24N2S. The zero-order valence-electron chi connectivity index (χ0n) is 9.58. The molecule has 1 aliphatic carbocycles. The van der Waals surface area contributed by atoms with Crippen LogP contribution >= 0.6 is 11.8 Å². The van der Waals surface area contributed by atoms with E-state index in [4.69, 9.17) is 5.84 Å². The summed E-state index contributed by atoms with van der Waals surface area (Å²) in [6.45, 7) is 3.74. The highest BCUT2D eigenvalue weighted by atomic mass is 32.2. The van der Waals surface area contributed by atoms with Gasteiger partial charge in [-0.25, -0.2) is 0 Å². The summed E-state index contributed by atoms with van der Waals surface area (Å²) in [6.07, 6.45) is 11.1. The lowest BCUT2D eigenvalue weighted by atomic mass is 10.1. The lowest BCUT2D eigenvalue weighted by Gasteiger charge is -2.17. The zero-order valence-corrected chi connectivity index (χ0v) is 10.4. The van der Waals surface area contributed by atoms with Gasteiger partial charge in [0.25, 0.3) is 0 Å². The lowest BCUT2D eigenvalue weighted by molar-refractivity contribution is 0.522. The van der Waals surface area contributed by atoms with Crippen molar-refractivity contribution in [2.24, 2.45) is 5.84 Å². The minimum Gasteiger partial charge on any atom is -0.271 e. The molecule has 15 heavy (non-hydrogen) atoms. The highest BCUT2D eigenvalue weighted by Gasteiger charge is 2.17. The number of hydrazine groups is 1. The van der Waals surface area contributed by atoms with Gasteiger partial charge in [-0.2, -0.15) is 11.8 Å². The molecule has 1 fully saturated rings. The molecule has 0 aromatic heterocycles. The third-order valence-electron chi connectivity index (χ3n) is 3.03. The molecule has 1 unspecified atom stereocenters. The van der Waals surface area contributed by atoms with Gasteiger partial charge in [-0.15, -0.1) is 6.58 Å². The van der Waals surface area contributed by atoms with E-state index in [-0.39, 0.29) is 0 Å². The topological polar surface area (TPSA) is 38.0 Å². The second-order valence-electron chi connectivity index (χ2n) is 4.32. The molecule has 1 rings (SSSR count). The van der Waals surface area contributed by atoms with Gasteiger partial charge in [-0.3, -0.25) is 11.3 Å². The Morgan fingerprint density at radius 2 is 2.20 bits per heavy atom. The number of thioether (sulfide) groups is 1. The molecule has 1 saturated carbocycles. The third kappa shape index (κ3) is 5.59. The molecule has 0 bridgehead atoms. The predicted molar refractivity (Wildman–Crippen MR) is 69.9 cm³/mol. The van der Waals surface area contributed by atoms with Crippen molar-refractivity contribution >= 4 is 11.8 Å². The largest absolute Gasteiger partial charge is 0.271 e. The summed E-state index contributed by atoms with van der Waals surface area (Å²) >= 11 is 2.11. The summed E-state index contributed by atoms with van der Waals surface area (Å²) in [5.41, 5.74) is 2.93. The number of hydrogen-bond donors (Lipinski definition) is 2. The first kappa shape index (κ1) is 13.1. The van der Waals surface area contributed by atoms with E-state index in [1.807, 2.05) is 6.08 Å². The van der Waals surface area contributed by atoms with Crippen LogP contribution in [0.15, 0.2) is 12.7 Å². The normalized spacial score (nSPS) is 19.3. The molecule has 0 aliphatic heterocycles. The van der Waals surface area contributed by atoms with E-state index in [0.29, 0.717) is 6.04 Å². The van der Waals surface area contributed by atoms with E-state index in [1.54, 1.807) is 0 Å². The second-order valence-corrected chi connectivity index (χ2v) is 5.66. The fraction of sp³-hybridized carbons (Fsp3) is 0.833. The van der Waals surface area contributed by atoms with E-state index in [2.05, 4.69) is 23.8 Å². The van der Waals surface area contributed by atoms with Gasteiger partial charge < -0.3 is 0 Å². The van der Waals surface area contributed by atoms with Crippen LogP contribution in [0.1, 0.15) is 44.9 Å². The Morgan fingerprint density at radius 1 is 1.47 bits per heavy atom. The van der Waals surface area contributed by atoms with Crippen LogP contribution in [-0.2, 0) is 0 Å². The molecule has 3 heteroatoms. The summed E-state index contributed by atoms with van der Waals surface area (Å²) in [6, 6.07) is 0.482. The molecule has 0 spiro atoms. The summed E-state index contributed by atoms with van der Waals surface area (Å²) < 4.78 is 0. The van der Waals surface area contributed by atoms with Gasteiger partial charge in [0.1, 0.15) is 0 Å². The maximum atomic E-state index is 5.55. The first-order chi connectivity index (χ1) is 7.36. The van der Waals surface area contributed by atoms with E-state index >= 15 is 0 Å². The van der Waals surface area contributed by atoms with Crippen LogP contribution in [0.3, 0.4) is 0 Å². The second kappa shape index (κ2) is 8.20. The van der Waals surface area contributed by atoms with Crippen molar-refractivity contribution in [2.45, 2.75) is 56.2 Å². The van der Waals surface area contributed by atoms with Gasteiger partial charge in [-0.05, 0) is 32.1 Å². The van der Waals surface area contributed by atoms with Gasteiger partial charge in [0, 0.05) is 17.0 Å². The van der Waals surface area contributed by atoms with Crippen LogP contribution in [0.5, 0.6) is 0 Å². The molecule has 0 amide bonds. The quantitative estimate of drug-likeness (QED) is 0.290. The minimum absolute atomic E-state index is 0.482. The molecule has 0 aromatic carbocycles. The van der Waals surface area contributed by atoms with E-state index < -0.39 is 0 Å². The molecule has 0 radical (unpaired) electrons. The van der Waals surface area contributed by atoms with E-state index in [1.165, 1.54) is 38.5 Å². The fourth-order valence-corrected chi connectivity index (χ4v) is 3.46. The number of hydrogen-bond acceptors (Lipinski definition) is 3. The maximum absolute atomic E-state index is 5.55. The number of allylic oxidation sites excluding steroid dienone is 1. The highest BCUT2D eigenvalue weighted by Crippen LogP contribution is 2.30. The van der Waals surface area contributed by atoms with Crippen LogP contribution in [-0.4, -0.2) is 17.0 Å². The lowest BCUT2D eigenvalue weighted by Crippen LogP contribution is -2.37. The molecule has 88 valence electrons. The van der Waals surface area contributed by atoms with E-state index in [0.717, 1.165) is 17.4 Å². The van der Waals surface area contributed by atoms with Gasteiger partial charge in [-0.1, -0.05) is 18.9 Å². The molecule has 0 aromatic rings. The molecule has 1 aliphatic rings. The minimum atomic E-state index is 0.482. The van der Waals surface area contributed by atoms with Gasteiger partial charge in [0.15, 0.2) is 0 Å². The number of nitrogens with one attached hydrogen (secondary N) is 1. The SMILES string of the molecule is C=CCCCC(CSC1CCCC1)NN. The first-order valence-electron chi connectivity index (χ1n) is 6.05. The van der Waals surface area contributed by atoms with Crippen LogP contribution in [0.2, 0.25) is 0 Å². The zero-order chi connectivity index (χ0) is 10.9. The Labute approximate surface area is 98.0 Å². The van der Waals surface area contributed by atoms with Crippen molar-refractivity contribution < 1.29 is 0 Å². The van der Waals surface area contributed by atoms with E-state index in [9.17, 15) is 0 Å². The molecule has 0 saturated heterocycles. The van der Waals surface area contributed by atoms with Gasteiger partial charge in [0.05, 0.1) is 0 Å². The first-order valence-corrected chi connectivity index (χ1v) is 7.10. The average Bonchev–Trinajstić information content (AvgIpc) is 2.76. The Bertz CT molecular complexity index is 167. The number of rotatable bonds is 8. The van der Waals surface area contributed by atoms with Crippen molar-refractivity contribution in [1.29, 1.82) is 0 Å². The van der Waals surface area contributed by atoms with Crippen LogP contribution in [0, 0.1) is 0 Å². The van der Waals surface area contributed by atoms with Crippen LogP contribution < -0.4 is 11.3 Å². The number of unbranched alkanes of at least 4 members (excludes halogenated alkanes) is 1. The third-order valence-corrected chi connectivity index (χ3v) is 4.57. The predicted octanol–water partition coefficient (Wildman–Crippen LogP) is 2.85. The smallest absolute Gasteiger partial charge is 0.0301 e. The Hall–Kier alpha value is 0.01000. The number of nitrogens with two attached hydrogens (primary N) is 1. The Morgan fingerprint density at radius 3 is 2.80 bits per heavy atom. The highest BCUT2D eigenvalue weighted by molar-refractivity contribution is 7.99. The molecule has 1 atom stereocenters. The van der Waals surface area contributed by atoms with Gasteiger partial charge in [0.2, 0.25) is 0 Å². The molecular weight excluding hydrogens is 204 g/mol. The van der Waals surface area contributed by atoms with Crippen molar-refractivity contribution in [3.05, 3.63) is 12.7 Å². The van der Waals surface area contributed by atoms with Crippen LogP contribution in [0.25, 0.3) is 0 Å². The average molecular weight is 228 g/mol. The van der Waals surface area contributed by atoms with Crippen LogP contribution in [0.4, 0.5) is 0 Å². The summed E-state index contributed by atoms with van der Waals surface area (Å²) in [5, 5.41) is 0.903. The summed E-state index contributed by atoms with van der Waals surface area (Å²) in [5.74, 6) is 6.72. The standard InChI is InChI=1S/C12H24N2S/c1-2-3-4-7-11(14-13)10-15-12-8-5-6-9-12/h2,11-12,14H,1,3-10,13H2. The van der Waals surface area contributed by atoms with Crippen molar-refractivity contribution in [2.75, 3.05) is 5.75 Å². The summed E-state index contributed by atoms with van der Waals surface area (Å²) in [7, 11) is 0. The molecule has 0 heterocycles. The Kier molecular flexibility index (Phi) is 7.14.